The van der Waals surface area contributed by atoms with E-state index in [9.17, 15) is 22.8 Å². The predicted octanol–water partition coefficient (Wildman–Crippen LogP) is 2.60. The van der Waals surface area contributed by atoms with Gasteiger partial charge >= 0.3 is 12.1 Å². The van der Waals surface area contributed by atoms with Crippen molar-refractivity contribution in [3.8, 4) is 0 Å². The number of amides is 1. The Morgan fingerprint density at radius 2 is 1.88 bits per heavy atom. The molecule has 1 atom stereocenters. The smallest absolute Gasteiger partial charge is 0.408 e. The first-order valence-electron chi connectivity index (χ1n) is 6.93. The topological polar surface area (TPSA) is 84.9 Å². The number of benzene rings is 1. The standard InChI is InChI=1S/C15H18F3NO5/c1-15(2,3)24-14(22)19-11(13(20)21)7-23-6-8-4-9(16)5-10(17)12(8)18/h4-5,11H,6-7H2,1-3H3,(H,19,22)(H,20,21)/t11-/m1/s1. The molecule has 0 heterocycles. The van der Waals surface area contributed by atoms with Crippen LogP contribution < -0.4 is 5.32 Å². The Bertz CT molecular complexity index is 616. The summed E-state index contributed by atoms with van der Waals surface area (Å²) in [6, 6.07) is -0.361. The molecule has 0 unspecified atom stereocenters. The van der Waals surface area contributed by atoms with Crippen molar-refractivity contribution in [1.29, 1.82) is 0 Å². The van der Waals surface area contributed by atoms with Gasteiger partial charge < -0.3 is 19.9 Å². The summed E-state index contributed by atoms with van der Waals surface area (Å²) in [5.74, 6) is -5.07. The van der Waals surface area contributed by atoms with Gasteiger partial charge in [-0.05, 0) is 26.8 Å². The highest BCUT2D eigenvalue weighted by molar-refractivity contribution is 5.80. The molecular weight excluding hydrogens is 331 g/mol. The summed E-state index contributed by atoms with van der Waals surface area (Å²) in [6.45, 7) is 3.67. The molecule has 0 saturated heterocycles. The molecule has 134 valence electrons. The van der Waals surface area contributed by atoms with Gasteiger partial charge in [0.15, 0.2) is 17.7 Å². The van der Waals surface area contributed by atoms with E-state index in [0.29, 0.717) is 6.07 Å². The number of hydrogen-bond acceptors (Lipinski definition) is 4. The van der Waals surface area contributed by atoms with Crippen LogP contribution in [0.15, 0.2) is 12.1 Å². The van der Waals surface area contributed by atoms with Gasteiger partial charge in [-0.15, -0.1) is 0 Å². The highest BCUT2D eigenvalue weighted by atomic mass is 19.2. The van der Waals surface area contributed by atoms with Gasteiger partial charge in [-0.2, -0.15) is 0 Å². The van der Waals surface area contributed by atoms with Crippen molar-refractivity contribution in [2.45, 2.75) is 39.0 Å². The van der Waals surface area contributed by atoms with E-state index in [0.717, 1.165) is 6.07 Å². The highest BCUT2D eigenvalue weighted by Gasteiger charge is 2.24. The summed E-state index contributed by atoms with van der Waals surface area (Å²) in [5, 5.41) is 11.1. The third-order valence-electron chi connectivity index (χ3n) is 2.60. The van der Waals surface area contributed by atoms with Crippen LogP contribution in [-0.2, 0) is 20.9 Å². The molecule has 0 aromatic heterocycles. The molecule has 2 N–H and O–H groups in total. The minimum atomic E-state index is -1.47. The van der Waals surface area contributed by atoms with Crippen LogP contribution >= 0.6 is 0 Å². The maximum Gasteiger partial charge on any atom is 0.408 e. The molecule has 1 amide bonds. The predicted molar refractivity (Wildman–Crippen MR) is 76.8 cm³/mol. The molecule has 6 nitrogen and oxygen atoms in total. The Morgan fingerprint density at radius 1 is 1.25 bits per heavy atom. The molecule has 0 spiro atoms. The van der Waals surface area contributed by atoms with Gasteiger partial charge in [0.2, 0.25) is 0 Å². The van der Waals surface area contributed by atoms with E-state index in [-0.39, 0.29) is 0 Å². The van der Waals surface area contributed by atoms with Gasteiger partial charge in [0.1, 0.15) is 11.4 Å². The molecule has 1 aromatic carbocycles. The third-order valence-corrected chi connectivity index (χ3v) is 2.60. The minimum absolute atomic E-state index is 0.378. The summed E-state index contributed by atoms with van der Waals surface area (Å²) < 4.78 is 49.3. The Balaban J connectivity index is 2.62. The van der Waals surface area contributed by atoms with Crippen molar-refractivity contribution in [2.75, 3.05) is 6.61 Å². The van der Waals surface area contributed by atoms with E-state index in [4.69, 9.17) is 14.6 Å². The van der Waals surface area contributed by atoms with Gasteiger partial charge in [-0.25, -0.2) is 22.8 Å². The number of alkyl carbamates (subject to hydrolysis) is 1. The van der Waals surface area contributed by atoms with Crippen LogP contribution in [0.25, 0.3) is 0 Å². The maximum absolute atomic E-state index is 13.4. The van der Waals surface area contributed by atoms with Gasteiger partial charge in [0.05, 0.1) is 13.2 Å². The molecular formula is C15H18F3NO5. The fraction of sp³-hybridized carbons (Fsp3) is 0.467. The summed E-state index contributed by atoms with van der Waals surface area (Å²) in [5.41, 5.74) is -1.23. The fourth-order valence-corrected chi connectivity index (χ4v) is 1.63. The first-order valence-corrected chi connectivity index (χ1v) is 6.93. The van der Waals surface area contributed by atoms with Crippen molar-refractivity contribution >= 4 is 12.1 Å². The first-order chi connectivity index (χ1) is 11.0. The van der Waals surface area contributed by atoms with Gasteiger partial charge in [-0.1, -0.05) is 0 Å². The van der Waals surface area contributed by atoms with E-state index < -0.39 is 59.9 Å². The van der Waals surface area contributed by atoms with Crippen molar-refractivity contribution in [2.24, 2.45) is 0 Å². The molecule has 24 heavy (non-hydrogen) atoms. The van der Waals surface area contributed by atoms with Crippen molar-refractivity contribution < 1.29 is 37.3 Å². The number of hydrogen-bond donors (Lipinski definition) is 2. The number of carboxylic acids is 1. The van der Waals surface area contributed by atoms with E-state index in [1.807, 2.05) is 0 Å². The van der Waals surface area contributed by atoms with E-state index in [1.54, 1.807) is 20.8 Å². The number of aliphatic carboxylic acids is 1. The second-order valence-electron chi connectivity index (χ2n) is 5.91. The lowest BCUT2D eigenvalue weighted by molar-refractivity contribution is -0.141. The van der Waals surface area contributed by atoms with Gasteiger partial charge in [0, 0.05) is 11.6 Å². The van der Waals surface area contributed by atoms with Gasteiger partial charge in [-0.3, -0.25) is 0 Å². The second-order valence-corrected chi connectivity index (χ2v) is 5.91. The summed E-state index contributed by atoms with van der Waals surface area (Å²) >= 11 is 0. The lowest BCUT2D eigenvalue weighted by Crippen LogP contribution is -2.46. The summed E-state index contributed by atoms with van der Waals surface area (Å²) in [4.78, 5) is 22.6. The molecule has 9 heteroatoms. The lowest BCUT2D eigenvalue weighted by atomic mass is 10.2. The zero-order chi connectivity index (χ0) is 18.5. The zero-order valence-electron chi connectivity index (χ0n) is 13.4. The average molecular weight is 349 g/mol. The molecule has 1 rings (SSSR count). The first kappa shape index (κ1) is 19.8. The van der Waals surface area contributed by atoms with Crippen molar-refractivity contribution in [1.82, 2.24) is 5.32 Å². The van der Waals surface area contributed by atoms with Crippen LogP contribution in [0.1, 0.15) is 26.3 Å². The van der Waals surface area contributed by atoms with Crippen LogP contribution in [0.2, 0.25) is 0 Å². The summed E-state index contributed by atoms with van der Waals surface area (Å²) in [7, 11) is 0. The molecule has 1 aromatic rings. The SMILES string of the molecule is CC(C)(C)OC(=O)N[C@H](COCc1cc(F)cc(F)c1F)C(=O)O. The van der Waals surface area contributed by atoms with Crippen LogP contribution in [-0.4, -0.2) is 35.4 Å². The van der Waals surface area contributed by atoms with E-state index >= 15 is 0 Å². The molecule has 0 aliphatic carbocycles. The monoisotopic (exact) mass is 349 g/mol. The quantitative estimate of drug-likeness (QED) is 0.771. The van der Waals surface area contributed by atoms with Crippen LogP contribution in [0, 0.1) is 17.5 Å². The molecule has 0 fully saturated rings. The number of rotatable bonds is 6. The van der Waals surface area contributed by atoms with E-state index in [2.05, 4.69) is 5.32 Å². The van der Waals surface area contributed by atoms with Crippen molar-refractivity contribution in [3.63, 3.8) is 0 Å². The Morgan fingerprint density at radius 3 is 2.42 bits per heavy atom. The fourth-order valence-electron chi connectivity index (χ4n) is 1.63. The molecule has 0 saturated carbocycles. The molecule has 0 radical (unpaired) electrons. The Kier molecular flexibility index (Phi) is 6.59. The summed E-state index contributed by atoms with van der Waals surface area (Å²) in [6.07, 6.45) is -0.971. The number of carboxylic acid groups (broad SMARTS) is 1. The number of carbonyl (C=O) groups excluding carboxylic acids is 1. The Labute approximate surface area is 136 Å². The van der Waals surface area contributed by atoms with Crippen LogP contribution in [0.3, 0.4) is 0 Å². The van der Waals surface area contributed by atoms with Crippen LogP contribution in [0.4, 0.5) is 18.0 Å². The number of carbonyl (C=O) groups is 2. The second kappa shape index (κ2) is 8.00. The molecule has 0 aliphatic rings. The largest absolute Gasteiger partial charge is 0.480 e. The average Bonchev–Trinajstić information content (AvgIpc) is 2.40. The zero-order valence-corrected chi connectivity index (χ0v) is 13.4. The minimum Gasteiger partial charge on any atom is -0.480 e. The van der Waals surface area contributed by atoms with E-state index in [1.165, 1.54) is 0 Å². The third kappa shape index (κ3) is 6.45. The maximum atomic E-state index is 13.4. The number of nitrogens with one attached hydrogen (secondary N) is 1. The normalized spacial score (nSPS) is 12.6. The van der Waals surface area contributed by atoms with Crippen molar-refractivity contribution in [3.05, 3.63) is 35.1 Å². The number of halogens is 3. The Hall–Kier alpha value is -2.29. The molecule has 0 aliphatic heterocycles. The van der Waals surface area contributed by atoms with Gasteiger partial charge in [0.25, 0.3) is 0 Å². The highest BCUT2D eigenvalue weighted by Crippen LogP contribution is 2.15. The molecule has 0 bridgehead atoms. The van der Waals surface area contributed by atoms with Crippen LogP contribution in [0.5, 0.6) is 0 Å². The lowest BCUT2D eigenvalue weighted by Gasteiger charge is -2.22. The number of ether oxygens (including phenoxy) is 2.